The number of rotatable bonds is 17. The Morgan fingerprint density at radius 2 is 0.650 bits per heavy atom. The van der Waals surface area contributed by atoms with E-state index in [9.17, 15) is 0 Å². The van der Waals surface area contributed by atoms with E-state index in [2.05, 4.69) is 16.2 Å². The fourth-order valence-electron chi connectivity index (χ4n) is 2.84. The maximum atomic E-state index is 4.25. The first-order valence-corrected chi connectivity index (χ1v) is 10.2. The molecule has 0 aromatic heterocycles. The molecule has 0 fully saturated rings. The lowest BCUT2D eigenvalue weighted by molar-refractivity contribution is 0.529. The van der Waals surface area contributed by atoms with Gasteiger partial charge in [-0.15, -0.1) is 0 Å². The van der Waals surface area contributed by atoms with Crippen molar-refractivity contribution in [2.24, 2.45) is 0 Å². The van der Waals surface area contributed by atoms with Crippen LogP contribution in [0.15, 0.2) is 0 Å². The minimum atomic E-state index is 1.07. The van der Waals surface area contributed by atoms with Crippen LogP contribution >= 0.6 is 9.24 Å². The van der Waals surface area contributed by atoms with Crippen LogP contribution in [0, 0.1) is 0 Å². The van der Waals surface area contributed by atoms with Crippen molar-refractivity contribution in [2.75, 3.05) is 6.16 Å². The van der Waals surface area contributed by atoms with E-state index < -0.39 is 0 Å². The highest BCUT2D eigenvalue weighted by atomic mass is 31.0. The van der Waals surface area contributed by atoms with E-state index >= 15 is 0 Å². The maximum Gasteiger partial charge on any atom is -0.0242 e. The lowest BCUT2D eigenvalue weighted by atomic mass is 10.0. The van der Waals surface area contributed by atoms with E-state index in [1.165, 1.54) is 109 Å². The predicted molar refractivity (Wildman–Crippen MR) is 96.0 cm³/mol. The van der Waals surface area contributed by atoms with E-state index in [0.29, 0.717) is 0 Å². The fourth-order valence-corrected chi connectivity index (χ4v) is 3.06. The third-order valence-electron chi connectivity index (χ3n) is 4.26. The van der Waals surface area contributed by atoms with E-state index in [4.69, 9.17) is 0 Å². The molecule has 2 radical (unpaired) electrons. The van der Waals surface area contributed by atoms with Gasteiger partial charge >= 0.3 is 0 Å². The third-order valence-corrected chi connectivity index (χ3v) is 4.58. The second kappa shape index (κ2) is 19.4. The Balaban J connectivity index is 2.89. The van der Waals surface area contributed by atoms with Gasteiger partial charge in [-0.1, -0.05) is 110 Å². The number of hydrogen-bond donors (Lipinski definition) is 0. The molecule has 0 spiro atoms. The first kappa shape index (κ1) is 20.4. The van der Waals surface area contributed by atoms with Gasteiger partial charge in [0.1, 0.15) is 0 Å². The second-order valence-corrected chi connectivity index (χ2v) is 6.83. The van der Waals surface area contributed by atoms with Gasteiger partial charge in [-0.05, 0) is 21.8 Å². The number of hydrogen-bond acceptors (Lipinski definition) is 0. The Labute approximate surface area is 132 Å². The summed E-state index contributed by atoms with van der Waals surface area (Å²) in [4.78, 5) is 0. The first-order valence-electron chi connectivity index (χ1n) is 9.52. The van der Waals surface area contributed by atoms with Crippen LogP contribution < -0.4 is 0 Å². The summed E-state index contributed by atoms with van der Waals surface area (Å²) >= 11 is 0. The van der Waals surface area contributed by atoms with Crippen molar-refractivity contribution >= 4 is 9.24 Å². The third kappa shape index (κ3) is 18.4. The maximum absolute atomic E-state index is 4.25. The van der Waals surface area contributed by atoms with Gasteiger partial charge in [0, 0.05) is 0 Å². The van der Waals surface area contributed by atoms with Crippen LogP contribution in [0.2, 0.25) is 0 Å². The van der Waals surface area contributed by atoms with E-state index in [0.717, 1.165) is 6.16 Å². The van der Waals surface area contributed by atoms with Crippen molar-refractivity contribution in [1.82, 2.24) is 0 Å². The lowest BCUT2D eigenvalue weighted by Crippen LogP contribution is -1.84. The zero-order valence-corrected chi connectivity index (χ0v) is 15.1. The molecule has 0 aliphatic heterocycles. The Bertz CT molecular complexity index is 138. The fraction of sp³-hybridized carbons (Fsp3) is 1.00. The Kier molecular flexibility index (Phi) is 19.8. The van der Waals surface area contributed by atoms with Gasteiger partial charge in [-0.25, -0.2) is 0 Å². The number of unbranched alkanes of at least 4 members (excludes halogenated alkanes) is 16. The van der Waals surface area contributed by atoms with Gasteiger partial charge in [-0.3, -0.25) is 0 Å². The van der Waals surface area contributed by atoms with E-state index in [-0.39, 0.29) is 0 Å². The summed E-state index contributed by atoms with van der Waals surface area (Å²) in [5.41, 5.74) is 0. The normalized spacial score (nSPS) is 11.1. The summed E-state index contributed by atoms with van der Waals surface area (Å²) in [7, 11) is 4.25. The van der Waals surface area contributed by atoms with E-state index in [1.807, 2.05) is 0 Å². The molecule has 0 amide bonds. The zero-order valence-electron chi connectivity index (χ0n) is 14.2. The summed E-state index contributed by atoms with van der Waals surface area (Å²) in [6.07, 6.45) is 25.7. The molecule has 0 heterocycles. The Morgan fingerprint density at radius 3 is 0.900 bits per heavy atom. The molecule has 1 heteroatoms. The Hall–Kier alpha value is 0.430. The van der Waals surface area contributed by atoms with Crippen molar-refractivity contribution in [1.29, 1.82) is 0 Å². The van der Waals surface area contributed by atoms with Gasteiger partial charge in [0.2, 0.25) is 0 Å². The van der Waals surface area contributed by atoms with Gasteiger partial charge in [0.25, 0.3) is 0 Å². The van der Waals surface area contributed by atoms with E-state index in [1.54, 1.807) is 0 Å². The van der Waals surface area contributed by atoms with Crippen molar-refractivity contribution in [2.45, 2.75) is 116 Å². The molecule has 20 heavy (non-hydrogen) atoms. The highest BCUT2D eigenvalue weighted by Crippen LogP contribution is 2.14. The standard InChI is InChI=1S/C19H39P/c1-2-3-4-5-6-7-8-9-10-11-12-13-14-15-16-17-18-19-20/h2-19H2,1H3. The van der Waals surface area contributed by atoms with Gasteiger partial charge in [0.05, 0.1) is 0 Å². The molecule has 0 N–H and O–H groups in total. The average Bonchev–Trinajstić information content (AvgIpc) is 2.47. The summed E-state index contributed by atoms with van der Waals surface area (Å²) < 4.78 is 0. The lowest BCUT2D eigenvalue weighted by Gasteiger charge is -2.03. The SMILES string of the molecule is CCCCCCCCCCCCCCCCCCC[P]. The second-order valence-electron chi connectivity index (χ2n) is 6.38. The summed E-state index contributed by atoms with van der Waals surface area (Å²) in [5.74, 6) is 0. The summed E-state index contributed by atoms with van der Waals surface area (Å²) in [5, 5.41) is 0. The molecule has 0 unspecified atom stereocenters. The van der Waals surface area contributed by atoms with Crippen LogP contribution in [0.4, 0.5) is 0 Å². The molecule has 120 valence electrons. The average molecular weight is 298 g/mol. The molecule has 0 bridgehead atoms. The van der Waals surface area contributed by atoms with Gasteiger partial charge < -0.3 is 0 Å². The van der Waals surface area contributed by atoms with Crippen LogP contribution in [-0.4, -0.2) is 6.16 Å². The van der Waals surface area contributed by atoms with Crippen LogP contribution in [0.1, 0.15) is 116 Å². The monoisotopic (exact) mass is 298 g/mol. The zero-order chi connectivity index (χ0) is 14.7. The smallest absolute Gasteiger partial charge is 0.0242 e. The molecule has 0 nitrogen and oxygen atoms in total. The molecule has 0 aromatic carbocycles. The molecule has 0 aliphatic carbocycles. The summed E-state index contributed by atoms with van der Waals surface area (Å²) in [6, 6.07) is 0. The molecule has 0 aromatic rings. The molecule has 0 rings (SSSR count). The molecule has 0 atom stereocenters. The molecule has 0 saturated heterocycles. The van der Waals surface area contributed by atoms with Crippen LogP contribution in [0.5, 0.6) is 0 Å². The molecule has 0 aliphatic rings. The topological polar surface area (TPSA) is 0 Å². The molecule has 0 saturated carbocycles. The van der Waals surface area contributed by atoms with Crippen molar-refractivity contribution in [3.8, 4) is 0 Å². The minimum Gasteiger partial charge on any atom is -0.0654 e. The highest BCUT2D eigenvalue weighted by Gasteiger charge is 1.94. The molecular formula is C19H39P. The van der Waals surface area contributed by atoms with Crippen molar-refractivity contribution < 1.29 is 0 Å². The van der Waals surface area contributed by atoms with Crippen molar-refractivity contribution in [3.63, 3.8) is 0 Å². The van der Waals surface area contributed by atoms with Gasteiger partial charge in [-0.2, -0.15) is 0 Å². The van der Waals surface area contributed by atoms with Crippen LogP contribution in [0.3, 0.4) is 0 Å². The predicted octanol–water partition coefficient (Wildman–Crippen LogP) is 8.05. The Morgan fingerprint density at radius 1 is 0.400 bits per heavy atom. The van der Waals surface area contributed by atoms with Crippen LogP contribution in [-0.2, 0) is 0 Å². The minimum absolute atomic E-state index is 1.07. The van der Waals surface area contributed by atoms with Gasteiger partial charge in [0.15, 0.2) is 0 Å². The summed E-state index contributed by atoms with van der Waals surface area (Å²) in [6.45, 7) is 2.29. The molecular weight excluding hydrogens is 259 g/mol. The highest BCUT2D eigenvalue weighted by molar-refractivity contribution is 7.16. The largest absolute Gasteiger partial charge is 0.0654 e. The quantitative estimate of drug-likeness (QED) is 0.188. The van der Waals surface area contributed by atoms with Crippen LogP contribution in [0.25, 0.3) is 0 Å². The first-order chi connectivity index (χ1) is 9.91. The van der Waals surface area contributed by atoms with Crippen molar-refractivity contribution in [3.05, 3.63) is 0 Å².